The fourth-order valence-electron chi connectivity index (χ4n) is 8.16. The average molecular weight is 705 g/mol. The number of hydrogen-bond donors (Lipinski definition) is 1. The Bertz CT molecular complexity index is 1960. The number of halogens is 1. The minimum absolute atomic E-state index is 0.0518. The number of aromatic amines is 1. The van der Waals surface area contributed by atoms with Gasteiger partial charge in [0.25, 0.3) is 5.69 Å². The summed E-state index contributed by atoms with van der Waals surface area (Å²) in [5.41, 5.74) is 3.19. The van der Waals surface area contributed by atoms with Crippen LogP contribution in [0.25, 0.3) is 0 Å². The lowest BCUT2D eigenvalue weighted by atomic mass is 9.68. The molecule has 0 spiro atoms. The van der Waals surface area contributed by atoms with Crippen molar-refractivity contribution in [3.63, 3.8) is 0 Å². The number of rotatable bonds is 6. The van der Waals surface area contributed by atoms with Gasteiger partial charge in [0.05, 0.1) is 27.5 Å². The molecule has 1 saturated heterocycles. The average Bonchev–Trinajstić information content (AvgIpc) is 3.76. The Morgan fingerprint density at radius 3 is 2.49 bits per heavy atom. The standard InChI is InChI=1S/C33H26BrN3O6S2/c1-15-4-2-3-5-16(15)14-43-23-11-10-19(37(41)42)12-20(23)24-25-21-13-22(28(25)44-30-29(24)45-33(40)35-30)27-26(21)31(38)36(32(27)39)18-8-6-17(34)7-9-18/h2-12,21-22,24-28H,13-14H2,1H3,(H,35,40)/t21?,22?,24-,25?,26?,27?,28?/m1/s1. The number of benzene rings is 3. The van der Waals surface area contributed by atoms with Crippen molar-refractivity contribution in [2.24, 2.45) is 29.6 Å². The van der Waals surface area contributed by atoms with Gasteiger partial charge in [-0.25, -0.2) is 0 Å². The number of anilines is 1. The smallest absolute Gasteiger partial charge is 0.305 e. The van der Waals surface area contributed by atoms with Crippen LogP contribution in [0.15, 0.2) is 81.0 Å². The first kappa shape index (κ1) is 28.7. The van der Waals surface area contributed by atoms with Crippen LogP contribution in [0.2, 0.25) is 0 Å². The second kappa shape index (κ2) is 10.7. The molecule has 4 aromatic rings. The van der Waals surface area contributed by atoms with Crippen LogP contribution in [0, 0.1) is 46.6 Å². The third kappa shape index (κ3) is 4.44. The van der Waals surface area contributed by atoms with Gasteiger partial charge in [-0.3, -0.25) is 29.4 Å². The van der Waals surface area contributed by atoms with E-state index in [1.54, 1.807) is 36.0 Å². The number of H-pyrrole nitrogens is 1. The van der Waals surface area contributed by atoms with Crippen molar-refractivity contribution >= 4 is 62.2 Å². The van der Waals surface area contributed by atoms with Crippen molar-refractivity contribution < 1.29 is 19.2 Å². The molecular weight excluding hydrogens is 678 g/mol. The quantitative estimate of drug-likeness (QED) is 0.135. The Labute approximate surface area is 274 Å². The number of ether oxygens (including phenoxy) is 1. The minimum atomic E-state index is -0.484. The van der Waals surface area contributed by atoms with E-state index >= 15 is 0 Å². The number of thiazole rings is 1. The van der Waals surface area contributed by atoms with Gasteiger partial charge in [-0.05, 0) is 72.6 Å². The number of amides is 2. The van der Waals surface area contributed by atoms with E-state index in [1.807, 2.05) is 43.3 Å². The van der Waals surface area contributed by atoms with Gasteiger partial charge < -0.3 is 9.72 Å². The van der Waals surface area contributed by atoms with Crippen molar-refractivity contribution in [3.05, 3.63) is 113 Å². The molecule has 3 aromatic carbocycles. The maximum Gasteiger partial charge on any atom is 0.305 e. The first-order chi connectivity index (χ1) is 21.7. The highest BCUT2D eigenvalue weighted by Gasteiger charge is 2.70. The Kier molecular flexibility index (Phi) is 6.81. The number of aromatic nitrogens is 1. The molecular formula is C33H26BrN3O6S2. The summed E-state index contributed by atoms with van der Waals surface area (Å²) >= 11 is 6.12. The lowest BCUT2D eigenvalue weighted by Gasteiger charge is -2.43. The molecule has 4 aliphatic rings. The zero-order valence-corrected chi connectivity index (χ0v) is 27.1. The molecule has 2 amide bonds. The molecule has 6 unspecified atom stereocenters. The van der Waals surface area contributed by atoms with Crippen molar-refractivity contribution in [2.45, 2.75) is 36.1 Å². The van der Waals surface area contributed by atoms with E-state index in [0.29, 0.717) is 23.4 Å². The molecule has 3 heterocycles. The van der Waals surface area contributed by atoms with E-state index in [2.05, 4.69) is 20.9 Å². The molecule has 9 nitrogen and oxygen atoms in total. The van der Waals surface area contributed by atoms with Crippen LogP contribution < -0.4 is 14.5 Å². The first-order valence-corrected chi connectivity index (χ1v) is 17.2. The van der Waals surface area contributed by atoms with Crippen molar-refractivity contribution in [1.82, 2.24) is 4.98 Å². The van der Waals surface area contributed by atoms with Gasteiger partial charge in [0.15, 0.2) is 0 Å². The summed E-state index contributed by atoms with van der Waals surface area (Å²) in [5, 5.41) is 12.7. The minimum Gasteiger partial charge on any atom is -0.489 e. The third-order valence-corrected chi connectivity index (χ3v) is 13.1. The molecule has 1 aromatic heterocycles. The number of nitro groups is 1. The molecule has 228 valence electrons. The fraction of sp³-hybridized carbons (Fsp3) is 0.303. The summed E-state index contributed by atoms with van der Waals surface area (Å²) in [7, 11) is 0. The fourth-order valence-corrected chi connectivity index (χ4v) is 11.3. The van der Waals surface area contributed by atoms with Crippen molar-refractivity contribution in [1.29, 1.82) is 0 Å². The normalized spacial score (nSPS) is 27.8. The number of non-ortho nitro benzene ring substituents is 1. The third-order valence-electron chi connectivity index (χ3n) is 9.99. The van der Waals surface area contributed by atoms with Crippen LogP contribution in [-0.2, 0) is 16.2 Å². The number of fused-ring (bicyclic) bond motifs is 9. The molecule has 2 bridgehead atoms. The SMILES string of the molecule is Cc1ccccc1COc1ccc([N+](=O)[O-])cc1[C@H]1c2sc(=O)[nH]c2SC2C3CC(C4C(=O)N(c5ccc(Br)cc5)C(=O)C34)C21. The number of nitrogens with one attached hydrogen (secondary N) is 1. The van der Waals surface area contributed by atoms with E-state index < -0.39 is 22.7 Å². The van der Waals surface area contributed by atoms with E-state index in [1.165, 1.54) is 11.0 Å². The highest BCUT2D eigenvalue weighted by atomic mass is 79.9. The molecule has 2 aliphatic heterocycles. The molecule has 8 rings (SSSR count). The molecule has 12 heteroatoms. The van der Waals surface area contributed by atoms with Gasteiger partial charge in [-0.1, -0.05) is 51.5 Å². The molecule has 0 radical (unpaired) electrons. The van der Waals surface area contributed by atoms with Crippen LogP contribution in [0.1, 0.15) is 33.9 Å². The lowest BCUT2D eigenvalue weighted by Crippen LogP contribution is -2.42. The summed E-state index contributed by atoms with van der Waals surface area (Å²) < 4.78 is 7.26. The Morgan fingerprint density at radius 1 is 1.02 bits per heavy atom. The number of carbonyl (C=O) groups excluding carboxylic acids is 2. The van der Waals surface area contributed by atoms with Gasteiger partial charge in [0.1, 0.15) is 12.4 Å². The molecule has 7 atom stereocenters. The highest BCUT2D eigenvalue weighted by Crippen LogP contribution is 2.69. The maximum atomic E-state index is 14.1. The van der Waals surface area contributed by atoms with E-state index in [9.17, 15) is 24.5 Å². The van der Waals surface area contributed by atoms with E-state index in [-0.39, 0.29) is 52.0 Å². The zero-order chi connectivity index (χ0) is 31.1. The van der Waals surface area contributed by atoms with Crippen LogP contribution in [0.3, 0.4) is 0 Å². The van der Waals surface area contributed by atoms with Crippen molar-refractivity contribution in [3.8, 4) is 5.75 Å². The second-order valence-corrected chi connectivity index (χ2v) is 15.3. The van der Waals surface area contributed by atoms with E-state index in [4.69, 9.17) is 4.74 Å². The van der Waals surface area contributed by atoms with Gasteiger partial charge in [-0.2, -0.15) is 0 Å². The summed E-state index contributed by atoms with van der Waals surface area (Å²) in [6, 6.07) is 19.7. The number of hydrogen-bond acceptors (Lipinski definition) is 8. The van der Waals surface area contributed by atoms with Gasteiger partial charge in [-0.15, -0.1) is 11.8 Å². The second-order valence-electron chi connectivity index (χ2n) is 12.1. The Hall–Kier alpha value is -3.74. The topological polar surface area (TPSA) is 123 Å². The lowest BCUT2D eigenvalue weighted by molar-refractivity contribution is -0.385. The molecule has 1 N–H and O–H groups in total. The predicted molar refractivity (Wildman–Crippen MR) is 174 cm³/mol. The number of nitro benzene ring substituents is 1. The number of imide groups is 1. The van der Waals surface area contributed by atoms with E-state index in [0.717, 1.165) is 36.8 Å². The molecule has 2 aliphatic carbocycles. The van der Waals surface area contributed by atoms with Gasteiger partial charge >= 0.3 is 4.87 Å². The largest absolute Gasteiger partial charge is 0.489 e. The van der Waals surface area contributed by atoms with Crippen LogP contribution in [0.4, 0.5) is 11.4 Å². The number of carbonyl (C=O) groups is 2. The summed E-state index contributed by atoms with van der Waals surface area (Å²) in [5.74, 6) is -1.50. The summed E-state index contributed by atoms with van der Waals surface area (Å²) in [4.78, 5) is 57.3. The molecule has 3 fully saturated rings. The number of aryl methyl sites for hydroxylation is 1. The maximum absolute atomic E-state index is 14.1. The first-order valence-electron chi connectivity index (χ1n) is 14.7. The zero-order valence-electron chi connectivity index (χ0n) is 23.8. The molecule has 2 saturated carbocycles. The van der Waals surface area contributed by atoms with Gasteiger partial charge in [0.2, 0.25) is 11.8 Å². The summed E-state index contributed by atoms with van der Waals surface area (Å²) in [6.45, 7) is 2.28. The van der Waals surface area contributed by atoms with Crippen LogP contribution >= 0.6 is 39.0 Å². The van der Waals surface area contributed by atoms with Crippen LogP contribution in [0.5, 0.6) is 5.75 Å². The van der Waals surface area contributed by atoms with Gasteiger partial charge in [0, 0.05) is 38.2 Å². The monoisotopic (exact) mass is 703 g/mol. The molecule has 45 heavy (non-hydrogen) atoms. The predicted octanol–water partition coefficient (Wildman–Crippen LogP) is 6.67. The van der Waals surface area contributed by atoms with Crippen molar-refractivity contribution in [2.75, 3.05) is 4.90 Å². The highest BCUT2D eigenvalue weighted by molar-refractivity contribution is 9.10. The Balaban J connectivity index is 1.23. The van der Waals surface area contributed by atoms with Crippen LogP contribution in [-0.4, -0.2) is 27.0 Å². The summed E-state index contributed by atoms with van der Waals surface area (Å²) in [6.07, 6.45) is 0.716. The number of thioether (sulfide) groups is 1. The number of nitrogens with zero attached hydrogens (tertiary/aromatic N) is 2. The Morgan fingerprint density at radius 2 is 1.76 bits per heavy atom.